The average molecular weight is 254 g/mol. The number of aromatic carboxylic acids is 1. The molecule has 0 atom stereocenters. The topological polar surface area (TPSA) is 112 Å². The Balaban J connectivity index is 3.12. The zero-order chi connectivity index (χ0) is 13.9. The smallest absolute Gasteiger partial charge is 0.404 e. The molecule has 0 fully saturated rings. The van der Waals surface area contributed by atoms with Crippen molar-refractivity contribution in [2.75, 3.05) is 6.61 Å². The SMILES string of the molecule is Cc1cc(=O)n(CCOC(N)=O)c(C)c1C(=O)O. The highest BCUT2D eigenvalue weighted by molar-refractivity contribution is 5.90. The Morgan fingerprint density at radius 3 is 2.56 bits per heavy atom. The third kappa shape index (κ3) is 2.88. The van der Waals surface area contributed by atoms with Crippen molar-refractivity contribution in [3.05, 3.63) is 33.2 Å². The summed E-state index contributed by atoms with van der Waals surface area (Å²) in [4.78, 5) is 33.2. The largest absolute Gasteiger partial charge is 0.478 e. The van der Waals surface area contributed by atoms with Crippen molar-refractivity contribution < 1.29 is 19.4 Å². The van der Waals surface area contributed by atoms with Crippen molar-refractivity contribution in [3.8, 4) is 0 Å². The molecule has 0 unspecified atom stereocenters. The molecule has 0 aliphatic heterocycles. The summed E-state index contributed by atoms with van der Waals surface area (Å²) in [6.45, 7) is 3.07. The Morgan fingerprint density at radius 1 is 1.44 bits per heavy atom. The summed E-state index contributed by atoms with van der Waals surface area (Å²) in [6.07, 6.45) is -0.939. The van der Waals surface area contributed by atoms with Gasteiger partial charge >= 0.3 is 12.1 Å². The first-order chi connectivity index (χ1) is 8.34. The van der Waals surface area contributed by atoms with Gasteiger partial charge in [-0.15, -0.1) is 0 Å². The number of carboxylic acid groups (broad SMARTS) is 1. The van der Waals surface area contributed by atoms with Crippen molar-refractivity contribution in [1.29, 1.82) is 0 Å². The second-order valence-corrected chi connectivity index (χ2v) is 3.75. The first kappa shape index (κ1) is 13.8. The molecule has 1 rings (SSSR count). The summed E-state index contributed by atoms with van der Waals surface area (Å²) >= 11 is 0. The van der Waals surface area contributed by atoms with Gasteiger partial charge in [-0.1, -0.05) is 0 Å². The summed E-state index contributed by atoms with van der Waals surface area (Å²) in [7, 11) is 0. The highest BCUT2D eigenvalue weighted by Crippen LogP contribution is 2.11. The third-order valence-electron chi connectivity index (χ3n) is 2.54. The molecule has 3 N–H and O–H groups in total. The number of ether oxygens (including phenoxy) is 1. The second kappa shape index (κ2) is 5.35. The van der Waals surface area contributed by atoms with Gasteiger partial charge in [0.05, 0.1) is 12.1 Å². The summed E-state index contributed by atoms with van der Waals surface area (Å²) in [5.41, 5.74) is 5.25. The van der Waals surface area contributed by atoms with Gasteiger partial charge in [-0.25, -0.2) is 9.59 Å². The molecule has 0 saturated carbocycles. The van der Waals surface area contributed by atoms with Crippen molar-refractivity contribution in [2.24, 2.45) is 5.73 Å². The molecule has 1 amide bonds. The zero-order valence-corrected chi connectivity index (χ0v) is 10.1. The van der Waals surface area contributed by atoms with Gasteiger partial charge in [-0.05, 0) is 19.4 Å². The van der Waals surface area contributed by atoms with Crippen LogP contribution in [-0.2, 0) is 11.3 Å². The van der Waals surface area contributed by atoms with E-state index in [4.69, 9.17) is 10.8 Å². The number of hydrogen-bond donors (Lipinski definition) is 2. The van der Waals surface area contributed by atoms with Gasteiger partial charge in [0.1, 0.15) is 6.61 Å². The van der Waals surface area contributed by atoms with E-state index in [1.54, 1.807) is 6.92 Å². The van der Waals surface area contributed by atoms with Gasteiger partial charge in [-0.3, -0.25) is 4.79 Å². The molecule has 0 radical (unpaired) electrons. The normalized spacial score (nSPS) is 10.1. The van der Waals surface area contributed by atoms with Crippen LogP contribution in [0.2, 0.25) is 0 Å². The molecule has 0 spiro atoms. The molecule has 1 aromatic rings. The summed E-state index contributed by atoms with van der Waals surface area (Å²) in [5.74, 6) is -1.10. The number of rotatable bonds is 4. The number of amides is 1. The van der Waals surface area contributed by atoms with Gasteiger partial charge in [0.15, 0.2) is 0 Å². The van der Waals surface area contributed by atoms with E-state index in [-0.39, 0.29) is 24.3 Å². The fraction of sp³-hybridized carbons (Fsp3) is 0.364. The molecule has 0 aromatic carbocycles. The lowest BCUT2D eigenvalue weighted by atomic mass is 10.1. The first-order valence-electron chi connectivity index (χ1n) is 5.21. The molecule has 98 valence electrons. The summed E-state index contributed by atoms with van der Waals surface area (Å²) < 4.78 is 5.75. The number of nitrogens with zero attached hydrogens (tertiary/aromatic N) is 1. The molecule has 7 nitrogen and oxygen atoms in total. The maximum atomic E-state index is 11.7. The van der Waals surface area contributed by atoms with Crippen LogP contribution in [0.25, 0.3) is 0 Å². The van der Waals surface area contributed by atoms with Crippen LogP contribution in [0.1, 0.15) is 21.6 Å². The Labute approximate surface area is 103 Å². The van der Waals surface area contributed by atoms with Gasteiger partial charge < -0.3 is 20.1 Å². The van der Waals surface area contributed by atoms with Crippen molar-refractivity contribution in [3.63, 3.8) is 0 Å². The molecule has 0 aliphatic rings. The van der Waals surface area contributed by atoms with Crippen LogP contribution in [0, 0.1) is 13.8 Å². The third-order valence-corrected chi connectivity index (χ3v) is 2.54. The Hall–Kier alpha value is -2.31. The minimum atomic E-state index is -1.10. The predicted octanol–water partition coefficient (Wildman–Crippen LogP) is 0.259. The first-order valence-corrected chi connectivity index (χ1v) is 5.21. The number of carbonyl (C=O) groups is 2. The fourth-order valence-electron chi connectivity index (χ4n) is 1.76. The minimum absolute atomic E-state index is 0.0637. The highest BCUT2D eigenvalue weighted by Gasteiger charge is 2.15. The average Bonchev–Trinajstić information content (AvgIpc) is 2.21. The van der Waals surface area contributed by atoms with Crippen LogP contribution in [0.15, 0.2) is 10.9 Å². The maximum Gasteiger partial charge on any atom is 0.404 e. The van der Waals surface area contributed by atoms with Gasteiger partial charge in [0, 0.05) is 11.8 Å². The number of hydrogen-bond acceptors (Lipinski definition) is 4. The number of carbonyl (C=O) groups excluding carboxylic acids is 1. The molecule has 0 bridgehead atoms. The highest BCUT2D eigenvalue weighted by atomic mass is 16.5. The number of primary amides is 1. The van der Waals surface area contributed by atoms with E-state index >= 15 is 0 Å². The molecular weight excluding hydrogens is 240 g/mol. The van der Waals surface area contributed by atoms with E-state index in [9.17, 15) is 14.4 Å². The minimum Gasteiger partial charge on any atom is -0.478 e. The fourth-order valence-corrected chi connectivity index (χ4v) is 1.76. The Morgan fingerprint density at radius 2 is 2.06 bits per heavy atom. The van der Waals surface area contributed by atoms with E-state index < -0.39 is 12.1 Å². The monoisotopic (exact) mass is 254 g/mol. The molecule has 0 saturated heterocycles. The molecule has 1 aromatic heterocycles. The van der Waals surface area contributed by atoms with E-state index in [2.05, 4.69) is 4.74 Å². The van der Waals surface area contributed by atoms with E-state index in [1.165, 1.54) is 17.6 Å². The molecule has 7 heteroatoms. The van der Waals surface area contributed by atoms with Gasteiger partial charge in [-0.2, -0.15) is 0 Å². The van der Waals surface area contributed by atoms with Gasteiger partial charge in [0.2, 0.25) is 0 Å². The van der Waals surface area contributed by atoms with Crippen molar-refractivity contribution in [2.45, 2.75) is 20.4 Å². The summed E-state index contributed by atoms with van der Waals surface area (Å²) in [6, 6.07) is 1.24. The number of aromatic nitrogens is 1. The second-order valence-electron chi connectivity index (χ2n) is 3.75. The van der Waals surface area contributed by atoms with Crippen LogP contribution >= 0.6 is 0 Å². The number of carboxylic acids is 1. The van der Waals surface area contributed by atoms with E-state index in [0.717, 1.165) is 0 Å². The van der Waals surface area contributed by atoms with Crippen LogP contribution in [0.3, 0.4) is 0 Å². The molecule has 1 heterocycles. The molecular formula is C11H14N2O5. The number of pyridine rings is 1. The van der Waals surface area contributed by atoms with E-state index in [0.29, 0.717) is 11.3 Å². The molecule has 0 aliphatic carbocycles. The quantitative estimate of drug-likeness (QED) is 0.800. The predicted molar refractivity (Wildman–Crippen MR) is 62.7 cm³/mol. The lowest BCUT2D eigenvalue weighted by molar-refractivity contribution is 0.0693. The maximum absolute atomic E-state index is 11.7. The zero-order valence-electron chi connectivity index (χ0n) is 10.1. The lowest BCUT2D eigenvalue weighted by Crippen LogP contribution is -2.28. The van der Waals surface area contributed by atoms with Crippen LogP contribution in [0.5, 0.6) is 0 Å². The standard InChI is InChI=1S/C11H14N2O5/c1-6-5-8(14)13(3-4-18-11(12)17)7(2)9(6)10(15)16/h5H,3-4H2,1-2H3,(H2,12,17)(H,15,16). The van der Waals surface area contributed by atoms with Crippen LogP contribution < -0.4 is 11.3 Å². The van der Waals surface area contributed by atoms with Crippen molar-refractivity contribution >= 4 is 12.1 Å². The Kier molecular flexibility index (Phi) is 4.09. The number of nitrogens with two attached hydrogens (primary N) is 1. The summed E-state index contributed by atoms with van der Waals surface area (Å²) in [5, 5.41) is 9.05. The van der Waals surface area contributed by atoms with Crippen LogP contribution in [-0.4, -0.2) is 28.3 Å². The Bertz CT molecular complexity index is 547. The van der Waals surface area contributed by atoms with Crippen LogP contribution in [0.4, 0.5) is 4.79 Å². The van der Waals surface area contributed by atoms with E-state index in [1.807, 2.05) is 0 Å². The lowest BCUT2D eigenvalue weighted by Gasteiger charge is -2.13. The number of aryl methyl sites for hydroxylation is 1. The van der Waals surface area contributed by atoms with Crippen molar-refractivity contribution in [1.82, 2.24) is 4.57 Å². The molecule has 18 heavy (non-hydrogen) atoms. The van der Waals surface area contributed by atoms with Gasteiger partial charge in [0.25, 0.3) is 5.56 Å².